The van der Waals surface area contributed by atoms with Crippen LogP contribution in [0.25, 0.3) is 0 Å². The van der Waals surface area contributed by atoms with Gasteiger partial charge in [0.05, 0.1) is 0 Å². The Labute approximate surface area is 83.9 Å². The van der Waals surface area contributed by atoms with Crippen molar-refractivity contribution in [3.8, 4) is 0 Å². The zero-order valence-electron chi connectivity index (χ0n) is 8.45. The van der Waals surface area contributed by atoms with Crippen molar-refractivity contribution in [2.24, 2.45) is 0 Å². The molecule has 0 aromatic rings. The van der Waals surface area contributed by atoms with Gasteiger partial charge in [0.15, 0.2) is 5.92 Å². The Morgan fingerprint density at radius 2 is 1.43 bits per heavy atom. The Morgan fingerprint density at radius 1 is 0.929 bits per heavy atom. The molecule has 0 aromatic heterocycles. The molecule has 0 unspecified atom stereocenters. The topological polar surface area (TPSA) is 74.6 Å². The fourth-order valence-electron chi connectivity index (χ4n) is 1.21. The molecule has 0 fully saturated rings. The van der Waals surface area contributed by atoms with Crippen LogP contribution >= 0.6 is 0 Å². The summed E-state index contributed by atoms with van der Waals surface area (Å²) < 4.78 is 0. The molecule has 0 atom stereocenters. The Hall–Kier alpha value is -1.06. The number of hydrogen-bond donors (Lipinski definition) is 2. The number of carboxylic acid groups (broad SMARTS) is 2. The van der Waals surface area contributed by atoms with Gasteiger partial charge in [0.2, 0.25) is 0 Å². The molecule has 1 radical (unpaired) electrons. The number of carboxylic acids is 2. The first-order valence-corrected chi connectivity index (χ1v) is 4.92. The predicted octanol–water partition coefficient (Wildman–Crippen LogP) is 2.09. The second-order valence-electron chi connectivity index (χ2n) is 3.25. The second-order valence-corrected chi connectivity index (χ2v) is 3.25. The SMILES string of the molecule is CCCCCCC[C](C(=O)O)C(=O)O. The van der Waals surface area contributed by atoms with Crippen LogP contribution in [0.15, 0.2) is 0 Å². The first kappa shape index (κ1) is 12.9. The summed E-state index contributed by atoms with van der Waals surface area (Å²) in [5.41, 5.74) is 0. The van der Waals surface area contributed by atoms with E-state index in [4.69, 9.17) is 10.2 Å². The summed E-state index contributed by atoms with van der Waals surface area (Å²) in [6.07, 6.45) is 4.99. The van der Waals surface area contributed by atoms with E-state index in [1.54, 1.807) is 0 Å². The van der Waals surface area contributed by atoms with Crippen molar-refractivity contribution in [2.45, 2.75) is 45.4 Å². The minimum Gasteiger partial charge on any atom is -0.480 e. The van der Waals surface area contributed by atoms with Gasteiger partial charge in [-0.1, -0.05) is 39.0 Å². The number of unbranched alkanes of at least 4 members (excludes halogenated alkanes) is 4. The molecule has 14 heavy (non-hydrogen) atoms. The molecule has 0 rings (SSSR count). The average molecular weight is 201 g/mol. The maximum absolute atomic E-state index is 10.4. The van der Waals surface area contributed by atoms with Crippen LogP contribution in [-0.4, -0.2) is 22.2 Å². The summed E-state index contributed by atoms with van der Waals surface area (Å²) in [4.78, 5) is 20.9. The van der Waals surface area contributed by atoms with Gasteiger partial charge in [-0.05, 0) is 6.42 Å². The Morgan fingerprint density at radius 3 is 1.86 bits per heavy atom. The van der Waals surface area contributed by atoms with Crippen molar-refractivity contribution in [1.82, 2.24) is 0 Å². The molecule has 0 aromatic carbocycles. The summed E-state index contributed by atoms with van der Waals surface area (Å²) in [6, 6.07) is 0. The minimum atomic E-state index is -1.31. The Bertz CT molecular complexity index is 175. The molecule has 0 bridgehead atoms. The lowest BCUT2D eigenvalue weighted by Crippen LogP contribution is -2.20. The highest BCUT2D eigenvalue weighted by Gasteiger charge is 2.26. The van der Waals surface area contributed by atoms with E-state index in [0.29, 0.717) is 6.42 Å². The highest BCUT2D eigenvalue weighted by Crippen LogP contribution is 2.13. The van der Waals surface area contributed by atoms with E-state index < -0.39 is 17.9 Å². The molecule has 2 N–H and O–H groups in total. The van der Waals surface area contributed by atoms with Crippen LogP contribution in [-0.2, 0) is 9.59 Å². The number of aliphatic carboxylic acids is 2. The van der Waals surface area contributed by atoms with Gasteiger partial charge < -0.3 is 10.2 Å². The molecule has 0 aliphatic carbocycles. The first-order valence-electron chi connectivity index (χ1n) is 4.92. The highest BCUT2D eigenvalue weighted by molar-refractivity contribution is 6.07. The van der Waals surface area contributed by atoms with E-state index in [-0.39, 0.29) is 6.42 Å². The Kier molecular flexibility index (Phi) is 6.80. The lowest BCUT2D eigenvalue weighted by atomic mass is 10.0. The maximum Gasteiger partial charge on any atom is 0.322 e. The molecule has 0 aliphatic rings. The lowest BCUT2D eigenvalue weighted by Gasteiger charge is -2.05. The number of carbonyl (C=O) groups is 2. The maximum atomic E-state index is 10.4. The van der Waals surface area contributed by atoms with Gasteiger partial charge in [0.25, 0.3) is 0 Å². The van der Waals surface area contributed by atoms with Crippen LogP contribution in [0.3, 0.4) is 0 Å². The molecular formula is C10H17O4. The van der Waals surface area contributed by atoms with E-state index in [2.05, 4.69) is 6.92 Å². The lowest BCUT2D eigenvalue weighted by molar-refractivity contribution is -0.144. The van der Waals surface area contributed by atoms with E-state index in [9.17, 15) is 9.59 Å². The van der Waals surface area contributed by atoms with Gasteiger partial charge in [-0.25, -0.2) is 0 Å². The van der Waals surface area contributed by atoms with Crippen molar-refractivity contribution >= 4 is 11.9 Å². The van der Waals surface area contributed by atoms with E-state index in [0.717, 1.165) is 25.7 Å². The van der Waals surface area contributed by atoms with E-state index in [1.807, 2.05) is 0 Å². The van der Waals surface area contributed by atoms with Gasteiger partial charge in [-0.15, -0.1) is 0 Å². The van der Waals surface area contributed by atoms with Crippen LogP contribution in [0.1, 0.15) is 45.4 Å². The predicted molar refractivity (Wildman–Crippen MR) is 51.9 cm³/mol. The standard InChI is InChI=1S/C10H17O4/c1-2-3-4-5-6-7-8(9(11)12)10(13)14/h2-7H2,1H3,(H,11,12)(H,13,14). The van der Waals surface area contributed by atoms with E-state index in [1.165, 1.54) is 0 Å². The van der Waals surface area contributed by atoms with Crippen molar-refractivity contribution < 1.29 is 19.8 Å². The zero-order chi connectivity index (χ0) is 11.0. The molecule has 0 spiro atoms. The number of hydrogen-bond acceptors (Lipinski definition) is 2. The summed E-state index contributed by atoms with van der Waals surface area (Å²) in [7, 11) is 0. The summed E-state index contributed by atoms with van der Waals surface area (Å²) in [6.45, 7) is 2.09. The first-order chi connectivity index (χ1) is 6.59. The van der Waals surface area contributed by atoms with Crippen molar-refractivity contribution in [3.63, 3.8) is 0 Å². The monoisotopic (exact) mass is 201 g/mol. The number of rotatable bonds is 8. The third kappa shape index (κ3) is 5.56. The van der Waals surface area contributed by atoms with Crippen LogP contribution in [0.4, 0.5) is 0 Å². The van der Waals surface area contributed by atoms with Crippen molar-refractivity contribution in [2.75, 3.05) is 0 Å². The molecule has 0 heterocycles. The smallest absolute Gasteiger partial charge is 0.322 e. The fraction of sp³-hybridized carbons (Fsp3) is 0.700. The average Bonchev–Trinajstić information content (AvgIpc) is 2.09. The molecule has 0 amide bonds. The summed E-state index contributed by atoms with van der Waals surface area (Å²) in [5.74, 6) is -3.03. The largest absolute Gasteiger partial charge is 0.480 e. The highest BCUT2D eigenvalue weighted by atomic mass is 16.4. The van der Waals surface area contributed by atoms with Crippen molar-refractivity contribution in [1.29, 1.82) is 0 Å². The van der Waals surface area contributed by atoms with Crippen LogP contribution < -0.4 is 0 Å². The second kappa shape index (κ2) is 7.35. The third-order valence-electron chi connectivity index (χ3n) is 2.05. The quantitative estimate of drug-likeness (QED) is 0.465. The molecule has 0 saturated heterocycles. The van der Waals surface area contributed by atoms with Crippen LogP contribution in [0.5, 0.6) is 0 Å². The Balaban J connectivity index is 3.62. The fourth-order valence-corrected chi connectivity index (χ4v) is 1.21. The molecule has 0 saturated carbocycles. The molecule has 4 nitrogen and oxygen atoms in total. The summed E-state index contributed by atoms with van der Waals surface area (Å²) in [5, 5.41) is 17.1. The van der Waals surface area contributed by atoms with Crippen LogP contribution in [0.2, 0.25) is 0 Å². The van der Waals surface area contributed by atoms with Gasteiger partial charge >= 0.3 is 11.9 Å². The van der Waals surface area contributed by atoms with Gasteiger partial charge in [-0.3, -0.25) is 9.59 Å². The third-order valence-corrected chi connectivity index (χ3v) is 2.05. The molecular weight excluding hydrogens is 184 g/mol. The minimum absolute atomic E-state index is 0.161. The molecule has 4 heteroatoms. The van der Waals surface area contributed by atoms with Gasteiger partial charge in [0.1, 0.15) is 0 Å². The van der Waals surface area contributed by atoms with Gasteiger partial charge in [-0.2, -0.15) is 0 Å². The summed E-state index contributed by atoms with van der Waals surface area (Å²) >= 11 is 0. The van der Waals surface area contributed by atoms with Gasteiger partial charge in [0, 0.05) is 0 Å². The molecule has 81 valence electrons. The normalized spacial score (nSPS) is 10.4. The van der Waals surface area contributed by atoms with E-state index >= 15 is 0 Å². The van der Waals surface area contributed by atoms with Crippen LogP contribution in [0, 0.1) is 5.92 Å². The van der Waals surface area contributed by atoms with Crippen molar-refractivity contribution in [3.05, 3.63) is 5.92 Å². The zero-order valence-corrected chi connectivity index (χ0v) is 8.45. The molecule has 0 aliphatic heterocycles.